The summed E-state index contributed by atoms with van der Waals surface area (Å²) >= 11 is 1.55. The summed E-state index contributed by atoms with van der Waals surface area (Å²) in [5, 5.41) is 15.3. The van der Waals surface area contributed by atoms with Crippen LogP contribution in [-0.4, -0.2) is 28.1 Å². The monoisotopic (exact) mass is 254 g/mol. The number of nitrogens with one attached hydrogen (secondary N) is 1. The molecule has 0 saturated heterocycles. The van der Waals surface area contributed by atoms with Crippen LogP contribution in [0.3, 0.4) is 0 Å². The van der Waals surface area contributed by atoms with Crippen molar-refractivity contribution in [2.75, 3.05) is 6.61 Å². The summed E-state index contributed by atoms with van der Waals surface area (Å²) in [6, 6.07) is 0. The number of aromatic nitrogens is 1. The average Bonchev–Trinajstić information content (AvgIpc) is 2.89. The Labute approximate surface area is 105 Å². The molecule has 0 aliphatic heterocycles. The van der Waals surface area contributed by atoms with Crippen LogP contribution in [0.15, 0.2) is 5.38 Å². The Bertz CT molecular complexity index is 397. The molecule has 0 radical (unpaired) electrons. The van der Waals surface area contributed by atoms with Crippen LogP contribution in [0, 0.1) is 6.92 Å². The van der Waals surface area contributed by atoms with Crippen molar-refractivity contribution >= 4 is 17.2 Å². The van der Waals surface area contributed by atoms with Crippen molar-refractivity contribution in [2.24, 2.45) is 0 Å². The van der Waals surface area contributed by atoms with Gasteiger partial charge in [0.25, 0.3) is 0 Å². The maximum Gasteiger partial charge on any atom is 0.226 e. The highest BCUT2D eigenvalue weighted by Crippen LogP contribution is 2.29. The van der Waals surface area contributed by atoms with Crippen molar-refractivity contribution in [3.63, 3.8) is 0 Å². The van der Waals surface area contributed by atoms with Gasteiger partial charge in [0.15, 0.2) is 0 Å². The molecule has 17 heavy (non-hydrogen) atoms. The first-order valence-electron chi connectivity index (χ1n) is 5.96. The van der Waals surface area contributed by atoms with Gasteiger partial charge in [0.2, 0.25) is 5.91 Å². The number of carbonyl (C=O) groups is 1. The molecule has 1 aromatic heterocycles. The maximum absolute atomic E-state index is 11.9. The van der Waals surface area contributed by atoms with Crippen LogP contribution in [0.1, 0.15) is 36.4 Å². The number of carbonyl (C=O) groups excluding carboxylic acids is 1. The average molecular weight is 254 g/mol. The Balaban J connectivity index is 1.92. The largest absolute Gasteiger partial charge is 0.394 e. The van der Waals surface area contributed by atoms with Crippen molar-refractivity contribution in [2.45, 2.75) is 44.6 Å². The van der Waals surface area contributed by atoms with Gasteiger partial charge >= 0.3 is 0 Å². The number of rotatable bonds is 4. The van der Waals surface area contributed by atoms with E-state index in [4.69, 9.17) is 0 Å². The highest BCUT2D eigenvalue weighted by molar-refractivity contribution is 7.09. The third-order valence-corrected chi connectivity index (χ3v) is 4.10. The van der Waals surface area contributed by atoms with Crippen LogP contribution in [0.5, 0.6) is 0 Å². The first-order valence-corrected chi connectivity index (χ1v) is 6.84. The van der Waals surface area contributed by atoms with Gasteiger partial charge in [-0.25, -0.2) is 4.98 Å². The predicted octanol–water partition coefficient (Wildman–Crippen LogP) is 1.42. The molecule has 1 amide bonds. The summed E-state index contributed by atoms with van der Waals surface area (Å²) in [5.74, 6) is -0.0359. The predicted molar refractivity (Wildman–Crippen MR) is 67.0 cm³/mol. The molecule has 0 atom stereocenters. The summed E-state index contributed by atoms with van der Waals surface area (Å²) in [6.07, 6.45) is 4.23. The van der Waals surface area contributed by atoms with E-state index in [0.717, 1.165) is 36.4 Å². The molecule has 1 fully saturated rings. The smallest absolute Gasteiger partial charge is 0.226 e. The van der Waals surface area contributed by atoms with E-state index in [2.05, 4.69) is 10.3 Å². The van der Waals surface area contributed by atoms with E-state index in [0.29, 0.717) is 6.42 Å². The van der Waals surface area contributed by atoms with Crippen LogP contribution in [-0.2, 0) is 11.2 Å². The molecule has 1 aliphatic carbocycles. The van der Waals surface area contributed by atoms with E-state index in [1.165, 1.54) is 0 Å². The first-order chi connectivity index (χ1) is 8.13. The molecule has 0 unspecified atom stereocenters. The fourth-order valence-electron chi connectivity index (χ4n) is 2.37. The lowest BCUT2D eigenvalue weighted by atomic mass is 9.98. The number of aliphatic hydroxyl groups is 1. The minimum atomic E-state index is -0.373. The van der Waals surface area contributed by atoms with Gasteiger partial charge in [-0.05, 0) is 19.8 Å². The van der Waals surface area contributed by atoms with Crippen LogP contribution >= 0.6 is 11.3 Å². The van der Waals surface area contributed by atoms with Gasteiger partial charge in [-0.15, -0.1) is 11.3 Å². The third-order valence-electron chi connectivity index (χ3n) is 3.28. The summed E-state index contributed by atoms with van der Waals surface area (Å²) < 4.78 is 0. The highest BCUT2D eigenvalue weighted by Gasteiger charge is 2.34. The molecule has 0 spiro atoms. The summed E-state index contributed by atoms with van der Waals surface area (Å²) in [5.41, 5.74) is 0.443. The quantitative estimate of drug-likeness (QED) is 0.854. The minimum Gasteiger partial charge on any atom is -0.394 e. The molecule has 5 heteroatoms. The number of aryl methyl sites for hydroxylation is 1. The number of amides is 1. The Morgan fingerprint density at radius 1 is 1.59 bits per heavy atom. The van der Waals surface area contributed by atoms with E-state index in [1.54, 1.807) is 11.3 Å². The van der Waals surface area contributed by atoms with Crippen LogP contribution in [0.2, 0.25) is 0 Å². The van der Waals surface area contributed by atoms with Gasteiger partial charge in [0.1, 0.15) is 0 Å². The van der Waals surface area contributed by atoms with Crippen LogP contribution in [0.4, 0.5) is 0 Å². The first kappa shape index (κ1) is 12.5. The minimum absolute atomic E-state index is 0.0359. The van der Waals surface area contributed by atoms with E-state index in [1.807, 2.05) is 12.3 Å². The standard InChI is InChI=1S/C12H18N2O2S/c1-9-13-10(7-17-9)6-11(16)14-12(8-15)4-2-3-5-12/h7,15H,2-6,8H2,1H3,(H,14,16). The molecule has 2 N–H and O–H groups in total. The second-order valence-corrected chi connectivity index (χ2v) is 5.79. The number of thiazole rings is 1. The lowest BCUT2D eigenvalue weighted by Gasteiger charge is -2.27. The van der Waals surface area contributed by atoms with Gasteiger partial charge < -0.3 is 10.4 Å². The second-order valence-electron chi connectivity index (χ2n) is 4.73. The van der Waals surface area contributed by atoms with Gasteiger partial charge in [0.05, 0.1) is 29.3 Å². The Morgan fingerprint density at radius 3 is 2.82 bits per heavy atom. The highest BCUT2D eigenvalue weighted by atomic mass is 32.1. The van der Waals surface area contributed by atoms with E-state index in [-0.39, 0.29) is 18.1 Å². The molecular formula is C12H18N2O2S. The number of nitrogens with zero attached hydrogens (tertiary/aromatic N) is 1. The van der Waals surface area contributed by atoms with Crippen molar-refractivity contribution in [3.05, 3.63) is 16.1 Å². The lowest BCUT2D eigenvalue weighted by Crippen LogP contribution is -2.49. The van der Waals surface area contributed by atoms with Crippen molar-refractivity contribution in [1.82, 2.24) is 10.3 Å². The molecular weight excluding hydrogens is 236 g/mol. The van der Waals surface area contributed by atoms with Crippen molar-refractivity contribution < 1.29 is 9.90 Å². The molecule has 2 rings (SSSR count). The van der Waals surface area contributed by atoms with E-state index in [9.17, 15) is 9.90 Å². The summed E-state index contributed by atoms with van der Waals surface area (Å²) in [6.45, 7) is 1.97. The van der Waals surface area contributed by atoms with Crippen LogP contribution < -0.4 is 5.32 Å². The molecule has 0 aromatic carbocycles. The molecule has 94 valence electrons. The molecule has 0 bridgehead atoms. The Morgan fingerprint density at radius 2 is 2.29 bits per heavy atom. The zero-order valence-electron chi connectivity index (χ0n) is 10.0. The maximum atomic E-state index is 11.9. The SMILES string of the molecule is Cc1nc(CC(=O)NC2(CO)CCCC2)cs1. The van der Waals surface area contributed by atoms with Gasteiger partial charge in [-0.2, -0.15) is 0 Å². The lowest BCUT2D eigenvalue weighted by molar-refractivity contribution is -0.123. The molecule has 1 heterocycles. The molecule has 4 nitrogen and oxygen atoms in total. The zero-order chi connectivity index (χ0) is 12.3. The summed E-state index contributed by atoms with van der Waals surface area (Å²) in [4.78, 5) is 16.2. The number of aliphatic hydroxyl groups excluding tert-OH is 1. The second kappa shape index (κ2) is 5.14. The zero-order valence-corrected chi connectivity index (χ0v) is 10.8. The van der Waals surface area contributed by atoms with Gasteiger partial charge in [0, 0.05) is 5.38 Å². The fourth-order valence-corrected chi connectivity index (χ4v) is 2.98. The van der Waals surface area contributed by atoms with Gasteiger partial charge in [-0.1, -0.05) is 12.8 Å². The fraction of sp³-hybridized carbons (Fsp3) is 0.667. The number of hydrogen-bond donors (Lipinski definition) is 2. The molecule has 1 aliphatic rings. The molecule has 1 aromatic rings. The van der Waals surface area contributed by atoms with Crippen molar-refractivity contribution in [3.8, 4) is 0 Å². The normalized spacial score (nSPS) is 18.2. The van der Waals surface area contributed by atoms with E-state index < -0.39 is 0 Å². The topological polar surface area (TPSA) is 62.2 Å². The van der Waals surface area contributed by atoms with E-state index >= 15 is 0 Å². The van der Waals surface area contributed by atoms with Crippen LogP contribution in [0.25, 0.3) is 0 Å². The van der Waals surface area contributed by atoms with Crippen molar-refractivity contribution in [1.29, 1.82) is 0 Å². The summed E-state index contributed by atoms with van der Waals surface area (Å²) in [7, 11) is 0. The Hall–Kier alpha value is -0.940. The van der Waals surface area contributed by atoms with Gasteiger partial charge in [-0.3, -0.25) is 4.79 Å². The Kier molecular flexibility index (Phi) is 3.79. The number of hydrogen-bond acceptors (Lipinski definition) is 4. The molecule has 1 saturated carbocycles. The third kappa shape index (κ3) is 3.04.